The standard InChI is InChI=1S/C27H27BrN2O5/c1-3-6-19-13-18(15-23(34-2)24(19)35-16-17-9-11-20(28)12-10-17)14-22-25(31)29-27(33)30(26(22)32)21-7-4-5-8-21/h3,9-15,21H,1,4-8,16H2,2H3,(H,29,31,33)/b22-14+. The molecule has 1 aliphatic carbocycles. The Labute approximate surface area is 212 Å². The number of nitrogens with zero attached hydrogens (tertiary/aromatic N) is 1. The molecule has 35 heavy (non-hydrogen) atoms. The van der Waals surface area contributed by atoms with Gasteiger partial charge in [0.15, 0.2) is 11.5 Å². The smallest absolute Gasteiger partial charge is 0.331 e. The van der Waals surface area contributed by atoms with Gasteiger partial charge in [-0.25, -0.2) is 4.79 Å². The summed E-state index contributed by atoms with van der Waals surface area (Å²) < 4.78 is 12.7. The molecule has 8 heteroatoms. The van der Waals surface area contributed by atoms with E-state index < -0.39 is 17.8 Å². The average Bonchev–Trinajstić information content (AvgIpc) is 3.36. The van der Waals surface area contributed by atoms with Crippen molar-refractivity contribution < 1.29 is 23.9 Å². The zero-order chi connectivity index (χ0) is 24.9. The lowest BCUT2D eigenvalue weighted by atomic mass is 10.0. The second kappa shape index (κ2) is 10.9. The Bertz CT molecular complexity index is 1180. The first-order valence-electron chi connectivity index (χ1n) is 11.5. The van der Waals surface area contributed by atoms with Gasteiger partial charge in [0.2, 0.25) is 0 Å². The number of halogens is 1. The Balaban J connectivity index is 1.66. The quantitative estimate of drug-likeness (QED) is 0.284. The van der Waals surface area contributed by atoms with Crippen LogP contribution in [0.25, 0.3) is 6.08 Å². The fraction of sp³-hybridized carbons (Fsp3) is 0.296. The van der Waals surface area contributed by atoms with Crippen LogP contribution in [0.3, 0.4) is 0 Å². The van der Waals surface area contributed by atoms with Crippen molar-refractivity contribution >= 4 is 39.9 Å². The normalized spacial score (nSPS) is 17.6. The molecule has 7 nitrogen and oxygen atoms in total. The van der Waals surface area contributed by atoms with E-state index in [0.717, 1.165) is 41.3 Å². The molecule has 0 spiro atoms. The molecule has 0 bridgehead atoms. The van der Waals surface area contributed by atoms with E-state index in [4.69, 9.17) is 9.47 Å². The van der Waals surface area contributed by atoms with Crippen LogP contribution < -0.4 is 14.8 Å². The van der Waals surface area contributed by atoms with Gasteiger partial charge in [-0.05, 0) is 60.7 Å². The lowest BCUT2D eigenvalue weighted by Crippen LogP contribution is -2.57. The number of methoxy groups -OCH3 is 1. The predicted octanol–water partition coefficient (Wildman–Crippen LogP) is 5.17. The van der Waals surface area contributed by atoms with Gasteiger partial charge in [-0.1, -0.05) is 47.0 Å². The van der Waals surface area contributed by atoms with Gasteiger partial charge in [0.1, 0.15) is 12.2 Å². The molecule has 4 rings (SSSR count). The first-order chi connectivity index (χ1) is 16.9. The van der Waals surface area contributed by atoms with Crippen molar-refractivity contribution in [3.8, 4) is 11.5 Å². The van der Waals surface area contributed by atoms with Crippen LogP contribution in [0.1, 0.15) is 42.4 Å². The van der Waals surface area contributed by atoms with E-state index in [2.05, 4.69) is 27.8 Å². The maximum Gasteiger partial charge on any atom is 0.331 e. The largest absolute Gasteiger partial charge is 0.493 e. The number of rotatable bonds is 8. The summed E-state index contributed by atoms with van der Waals surface area (Å²) in [4.78, 5) is 39.3. The van der Waals surface area contributed by atoms with Gasteiger partial charge in [-0.15, -0.1) is 6.58 Å². The molecule has 2 aromatic rings. The summed E-state index contributed by atoms with van der Waals surface area (Å²) in [6, 6.07) is 10.5. The Morgan fingerprint density at radius 3 is 2.51 bits per heavy atom. The summed E-state index contributed by atoms with van der Waals surface area (Å²) in [6.07, 6.45) is 7.16. The summed E-state index contributed by atoms with van der Waals surface area (Å²) in [5.74, 6) is -0.222. The van der Waals surface area contributed by atoms with E-state index in [1.165, 1.54) is 18.1 Å². The number of amides is 4. The third kappa shape index (κ3) is 5.48. The zero-order valence-electron chi connectivity index (χ0n) is 19.5. The average molecular weight is 539 g/mol. The molecule has 0 atom stereocenters. The van der Waals surface area contributed by atoms with E-state index in [-0.39, 0.29) is 11.6 Å². The number of hydrogen-bond donors (Lipinski definition) is 1. The molecule has 0 radical (unpaired) electrons. The van der Waals surface area contributed by atoms with Crippen LogP contribution in [-0.4, -0.2) is 35.9 Å². The highest BCUT2D eigenvalue weighted by atomic mass is 79.9. The van der Waals surface area contributed by atoms with Gasteiger partial charge in [-0.2, -0.15) is 0 Å². The van der Waals surface area contributed by atoms with Gasteiger partial charge in [-0.3, -0.25) is 19.8 Å². The molecule has 1 N–H and O–H groups in total. The second-order valence-electron chi connectivity index (χ2n) is 8.55. The molecule has 1 saturated heterocycles. The molecule has 1 saturated carbocycles. The van der Waals surface area contributed by atoms with Crippen molar-refractivity contribution in [3.05, 3.63) is 75.8 Å². The van der Waals surface area contributed by atoms with Crippen LogP contribution in [0.4, 0.5) is 4.79 Å². The van der Waals surface area contributed by atoms with Gasteiger partial charge in [0, 0.05) is 16.1 Å². The minimum Gasteiger partial charge on any atom is -0.493 e. The molecule has 1 aliphatic heterocycles. The van der Waals surface area contributed by atoms with Crippen LogP contribution in [0, 0.1) is 0 Å². The van der Waals surface area contributed by atoms with Crippen LogP contribution >= 0.6 is 15.9 Å². The number of ether oxygens (including phenoxy) is 2. The highest BCUT2D eigenvalue weighted by molar-refractivity contribution is 9.10. The number of urea groups is 1. The van der Waals surface area contributed by atoms with Crippen molar-refractivity contribution in [2.75, 3.05) is 7.11 Å². The third-order valence-corrected chi connectivity index (χ3v) is 6.70. The monoisotopic (exact) mass is 538 g/mol. The van der Waals surface area contributed by atoms with Gasteiger partial charge >= 0.3 is 6.03 Å². The van der Waals surface area contributed by atoms with Crippen molar-refractivity contribution in [2.45, 2.75) is 44.8 Å². The minimum absolute atomic E-state index is 0.0772. The fourth-order valence-corrected chi connectivity index (χ4v) is 4.72. The molecule has 4 amide bonds. The summed E-state index contributed by atoms with van der Waals surface area (Å²) in [5, 5.41) is 2.31. The Hall–Kier alpha value is -3.39. The van der Waals surface area contributed by atoms with Crippen LogP contribution in [0.15, 0.2) is 59.1 Å². The molecule has 2 aliphatic rings. The number of hydrogen-bond acceptors (Lipinski definition) is 5. The van der Waals surface area contributed by atoms with Crippen molar-refractivity contribution in [1.82, 2.24) is 10.2 Å². The topological polar surface area (TPSA) is 84.9 Å². The molecule has 0 aromatic heterocycles. The van der Waals surface area contributed by atoms with Gasteiger partial charge in [0.05, 0.1) is 7.11 Å². The highest BCUT2D eigenvalue weighted by Crippen LogP contribution is 2.35. The number of allylic oxidation sites excluding steroid dienone is 1. The number of carbonyl (C=O) groups is 3. The van der Waals surface area contributed by atoms with Crippen LogP contribution in [0.2, 0.25) is 0 Å². The number of carbonyl (C=O) groups excluding carboxylic acids is 3. The number of nitrogens with one attached hydrogen (secondary N) is 1. The Kier molecular flexibility index (Phi) is 7.70. The number of barbiturate groups is 1. The lowest BCUT2D eigenvalue weighted by Gasteiger charge is -2.31. The SMILES string of the molecule is C=CCc1cc(/C=C2\C(=O)NC(=O)N(C3CCCC3)C2=O)cc(OC)c1OCc1ccc(Br)cc1. The third-order valence-electron chi connectivity index (χ3n) is 6.17. The van der Waals surface area contributed by atoms with Crippen molar-refractivity contribution in [3.63, 3.8) is 0 Å². The van der Waals surface area contributed by atoms with Crippen molar-refractivity contribution in [1.29, 1.82) is 0 Å². The van der Waals surface area contributed by atoms with Crippen molar-refractivity contribution in [2.24, 2.45) is 0 Å². The molecule has 1 heterocycles. The Morgan fingerprint density at radius 1 is 1.14 bits per heavy atom. The van der Waals surface area contributed by atoms with E-state index >= 15 is 0 Å². The van der Waals surface area contributed by atoms with E-state index in [1.807, 2.05) is 30.3 Å². The minimum atomic E-state index is -0.700. The zero-order valence-corrected chi connectivity index (χ0v) is 21.1. The van der Waals surface area contributed by atoms with Crippen LogP contribution in [0.5, 0.6) is 11.5 Å². The van der Waals surface area contributed by atoms with Gasteiger partial charge < -0.3 is 9.47 Å². The molecule has 2 aromatic carbocycles. The first kappa shape index (κ1) is 24.7. The number of imide groups is 2. The van der Waals surface area contributed by atoms with E-state index in [9.17, 15) is 14.4 Å². The predicted molar refractivity (Wildman–Crippen MR) is 136 cm³/mol. The number of benzene rings is 2. The van der Waals surface area contributed by atoms with Crippen LogP contribution in [-0.2, 0) is 22.6 Å². The molecule has 182 valence electrons. The summed E-state index contributed by atoms with van der Waals surface area (Å²) in [5.41, 5.74) is 2.31. The molecular formula is C27H27BrN2O5. The second-order valence-corrected chi connectivity index (χ2v) is 9.47. The highest BCUT2D eigenvalue weighted by Gasteiger charge is 2.40. The van der Waals surface area contributed by atoms with E-state index in [0.29, 0.717) is 30.1 Å². The fourth-order valence-electron chi connectivity index (χ4n) is 4.46. The first-order valence-corrected chi connectivity index (χ1v) is 12.3. The maximum atomic E-state index is 13.2. The van der Waals surface area contributed by atoms with E-state index in [1.54, 1.807) is 12.1 Å². The lowest BCUT2D eigenvalue weighted by molar-refractivity contribution is -0.131. The summed E-state index contributed by atoms with van der Waals surface area (Å²) in [6.45, 7) is 4.17. The summed E-state index contributed by atoms with van der Waals surface area (Å²) >= 11 is 3.43. The molecule has 2 fully saturated rings. The summed E-state index contributed by atoms with van der Waals surface area (Å²) in [7, 11) is 1.54. The molecular weight excluding hydrogens is 512 g/mol. The van der Waals surface area contributed by atoms with Gasteiger partial charge in [0.25, 0.3) is 11.8 Å². The maximum absolute atomic E-state index is 13.2. The Morgan fingerprint density at radius 2 is 1.86 bits per heavy atom. The molecule has 0 unspecified atom stereocenters.